The van der Waals surface area contributed by atoms with Gasteiger partial charge in [0.1, 0.15) is 5.56 Å². The van der Waals surface area contributed by atoms with Crippen LogP contribution in [-0.2, 0) is 9.53 Å². The van der Waals surface area contributed by atoms with Gasteiger partial charge in [0.15, 0.2) is 5.75 Å². The highest BCUT2D eigenvalue weighted by Gasteiger charge is 2.17. The van der Waals surface area contributed by atoms with Gasteiger partial charge in [-0.25, -0.2) is 4.79 Å². The number of esters is 2. The second-order valence-corrected chi connectivity index (χ2v) is 3.54. The molecule has 0 N–H and O–H groups in total. The highest BCUT2D eigenvalue weighted by atomic mass is 16.5. The van der Waals surface area contributed by atoms with Gasteiger partial charge in [-0.2, -0.15) is 0 Å². The molecule has 0 unspecified atom stereocenters. The van der Waals surface area contributed by atoms with Crippen molar-refractivity contribution in [2.75, 3.05) is 6.61 Å². The number of rotatable bonds is 4. The molecule has 96 valence electrons. The van der Waals surface area contributed by atoms with Crippen molar-refractivity contribution in [3.8, 4) is 5.75 Å². The summed E-state index contributed by atoms with van der Waals surface area (Å²) in [4.78, 5) is 22.9. The number of carbonyl (C=O) groups is 2. The molecule has 0 aliphatic heterocycles. The summed E-state index contributed by atoms with van der Waals surface area (Å²) >= 11 is 0. The third kappa shape index (κ3) is 3.45. The summed E-state index contributed by atoms with van der Waals surface area (Å²) in [5.74, 6) is -0.737. The lowest BCUT2D eigenvalue weighted by atomic mass is 10.1. The minimum atomic E-state index is -0.500. The zero-order chi connectivity index (χ0) is 13.5. The second kappa shape index (κ2) is 6.59. The standard InChI is InChI=1S/C14H16O4/c1-4-7-11-8-6-9-12(14(16)17-5-2)13(11)18-10(3)15/h4,6-9H,5H2,1-3H3. The molecule has 0 saturated carbocycles. The van der Waals surface area contributed by atoms with Crippen LogP contribution in [0.25, 0.3) is 6.08 Å². The molecule has 4 heteroatoms. The Hall–Kier alpha value is -2.10. The molecule has 0 aromatic heterocycles. The second-order valence-electron chi connectivity index (χ2n) is 3.54. The van der Waals surface area contributed by atoms with Crippen LogP contribution in [0.15, 0.2) is 24.3 Å². The summed E-state index contributed by atoms with van der Waals surface area (Å²) in [6.07, 6.45) is 3.57. The third-order valence-electron chi connectivity index (χ3n) is 2.13. The van der Waals surface area contributed by atoms with E-state index in [1.54, 1.807) is 37.3 Å². The number of hydrogen-bond donors (Lipinski definition) is 0. The highest BCUT2D eigenvalue weighted by Crippen LogP contribution is 2.26. The molecule has 0 fully saturated rings. The summed E-state index contributed by atoms with van der Waals surface area (Å²) in [6.45, 7) is 5.13. The molecule has 0 spiro atoms. The molecule has 1 rings (SSSR count). The van der Waals surface area contributed by atoms with E-state index < -0.39 is 11.9 Å². The molecule has 0 heterocycles. The van der Waals surface area contributed by atoms with Crippen molar-refractivity contribution in [1.29, 1.82) is 0 Å². The first-order valence-corrected chi connectivity index (χ1v) is 5.71. The maximum absolute atomic E-state index is 11.8. The van der Waals surface area contributed by atoms with E-state index in [9.17, 15) is 9.59 Å². The first kappa shape index (κ1) is 14.0. The predicted octanol–water partition coefficient (Wildman–Crippen LogP) is 2.82. The van der Waals surface area contributed by atoms with Crippen LogP contribution in [-0.4, -0.2) is 18.5 Å². The van der Waals surface area contributed by atoms with Gasteiger partial charge in [0.05, 0.1) is 6.61 Å². The summed E-state index contributed by atoms with van der Waals surface area (Å²) in [5.41, 5.74) is 0.918. The lowest BCUT2D eigenvalue weighted by Crippen LogP contribution is -2.11. The molecule has 1 aromatic carbocycles. The number of benzene rings is 1. The topological polar surface area (TPSA) is 52.6 Å². The van der Waals surface area contributed by atoms with Crippen LogP contribution in [0.5, 0.6) is 5.75 Å². The van der Waals surface area contributed by atoms with Crippen LogP contribution in [0.4, 0.5) is 0 Å². The highest BCUT2D eigenvalue weighted by molar-refractivity contribution is 5.95. The molecule has 18 heavy (non-hydrogen) atoms. The Morgan fingerprint density at radius 3 is 2.61 bits per heavy atom. The van der Waals surface area contributed by atoms with Crippen LogP contribution >= 0.6 is 0 Å². The number of ether oxygens (including phenoxy) is 2. The molecule has 0 aliphatic rings. The minimum Gasteiger partial charge on any atom is -0.462 e. The fraction of sp³-hybridized carbons (Fsp3) is 0.286. The Bertz CT molecular complexity index is 475. The normalized spacial score (nSPS) is 10.4. The molecule has 4 nitrogen and oxygen atoms in total. The number of carbonyl (C=O) groups excluding carboxylic acids is 2. The smallest absolute Gasteiger partial charge is 0.341 e. The lowest BCUT2D eigenvalue weighted by molar-refractivity contribution is -0.131. The Labute approximate surface area is 106 Å². The molecule has 0 saturated heterocycles. The molecule has 0 aliphatic carbocycles. The quantitative estimate of drug-likeness (QED) is 0.607. The van der Waals surface area contributed by atoms with Crippen molar-refractivity contribution in [3.63, 3.8) is 0 Å². The fourth-order valence-electron chi connectivity index (χ4n) is 1.49. The maximum Gasteiger partial charge on any atom is 0.341 e. The van der Waals surface area contributed by atoms with Crippen LogP contribution in [0.3, 0.4) is 0 Å². The molecule has 1 aromatic rings. The molecular weight excluding hydrogens is 232 g/mol. The van der Waals surface area contributed by atoms with Crippen molar-refractivity contribution in [1.82, 2.24) is 0 Å². The number of hydrogen-bond acceptors (Lipinski definition) is 4. The van der Waals surface area contributed by atoms with Gasteiger partial charge in [-0.15, -0.1) is 0 Å². The average Bonchev–Trinajstić information content (AvgIpc) is 2.31. The predicted molar refractivity (Wildman–Crippen MR) is 68.4 cm³/mol. The van der Waals surface area contributed by atoms with Crippen LogP contribution in [0.2, 0.25) is 0 Å². The van der Waals surface area contributed by atoms with Crippen LogP contribution in [0.1, 0.15) is 36.7 Å². The van der Waals surface area contributed by atoms with Gasteiger partial charge in [-0.3, -0.25) is 4.79 Å². The Morgan fingerprint density at radius 1 is 1.33 bits per heavy atom. The Balaban J connectivity index is 3.27. The summed E-state index contributed by atoms with van der Waals surface area (Å²) in [5, 5.41) is 0. The largest absolute Gasteiger partial charge is 0.462 e. The molecule has 0 amide bonds. The zero-order valence-electron chi connectivity index (χ0n) is 10.7. The SMILES string of the molecule is CC=Cc1cccc(C(=O)OCC)c1OC(C)=O. The van der Waals surface area contributed by atoms with Gasteiger partial charge in [0.25, 0.3) is 0 Å². The van der Waals surface area contributed by atoms with E-state index in [4.69, 9.17) is 9.47 Å². The first-order valence-electron chi connectivity index (χ1n) is 5.71. The van der Waals surface area contributed by atoms with E-state index in [0.717, 1.165) is 0 Å². The van der Waals surface area contributed by atoms with Crippen molar-refractivity contribution in [3.05, 3.63) is 35.4 Å². The van der Waals surface area contributed by atoms with Crippen molar-refractivity contribution < 1.29 is 19.1 Å². The molecular formula is C14H16O4. The van der Waals surface area contributed by atoms with Crippen LogP contribution < -0.4 is 4.74 Å². The summed E-state index contributed by atoms with van der Waals surface area (Å²) < 4.78 is 10.0. The molecule has 0 radical (unpaired) electrons. The van der Waals surface area contributed by atoms with E-state index in [-0.39, 0.29) is 17.9 Å². The Morgan fingerprint density at radius 2 is 2.06 bits per heavy atom. The summed E-state index contributed by atoms with van der Waals surface area (Å²) in [6, 6.07) is 5.05. The molecule has 0 atom stereocenters. The zero-order valence-corrected chi connectivity index (χ0v) is 10.7. The summed E-state index contributed by atoms with van der Waals surface area (Å²) in [7, 11) is 0. The average molecular weight is 248 g/mol. The van der Waals surface area contributed by atoms with E-state index in [1.807, 2.05) is 6.92 Å². The number of allylic oxidation sites excluding steroid dienone is 1. The van der Waals surface area contributed by atoms with Crippen molar-refractivity contribution >= 4 is 18.0 Å². The van der Waals surface area contributed by atoms with E-state index in [2.05, 4.69) is 0 Å². The van der Waals surface area contributed by atoms with Gasteiger partial charge < -0.3 is 9.47 Å². The number of para-hydroxylation sites is 1. The minimum absolute atomic E-state index is 0.238. The van der Waals surface area contributed by atoms with Crippen molar-refractivity contribution in [2.45, 2.75) is 20.8 Å². The van der Waals surface area contributed by atoms with Crippen molar-refractivity contribution in [2.24, 2.45) is 0 Å². The van der Waals surface area contributed by atoms with Gasteiger partial charge >= 0.3 is 11.9 Å². The molecule has 0 bridgehead atoms. The fourth-order valence-corrected chi connectivity index (χ4v) is 1.49. The first-order chi connectivity index (χ1) is 8.60. The maximum atomic E-state index is 11.8. The van der Waals surface area contributed by atoms with Gasteiger partial charge in [-0.1, -0.05) is 24.3 Å². The van der Waals surface area contributed by atoms with Gasteiger partial charge in [0, 0.05) is 12.5 Å². The lowest BCUT2D eigenvalue weighted by Gasteiger charge is -2.11. The van der Waals surface area contributed by atoms with Gasteiger partial charge in [0.2, 0.25) is 0 Å². The van der Waals surface area contributed by atoms with Crippen LogP contribution in [0, 0.1) is 0 Å². The van der Waals surface area contributed by atoms with E-state index in [1.165, 1.54) is 6.92 Å². The van der Waals surface area contributed by atoms with E-state index >= 15 is 0 Å². The monoisotopic (exact) mass is 248 g/mol. The van der Waals surface area contributed by atoms with Gasteiger partial charge in [-0.05, 0) is 19.9 Å². The third-order valence-corrected chi connectivity index (χ3v) is 2.13. The van der Waals surface area contributed by atoms with E-state index in [0.29, 0.717) is 5.56 Å². The Kier molecular flexibility index (Phi) is 5.11.